The summed E-state index contributed by atoms with van der Waals surface area (Å²) in [4.78, 5) is 0. The van der Waals surface area contributed by atoms with E-state index in [1.807, 2.05) is 25.2 Å². The highest BCUT2D eigenvalue weighted by Gasteiger charge is 2.25. The van der Waals surface area contributed by atoms with Gasteiger partial charge in [-0.3, -0.25) is 0 Å². The molecule has 0 aliphatic carbocycles. The molecule has 0 bridgehead atoms. The summed E-state index contributed by atoms with van der Waals surface area (Å²) in [5.41, 5.74) is 1.09. The number of rotatable bonds is 3. The Balaban J connectivity index is 2.24. The monoisotopic (exact) mass is 273 g/mol. The largest absolute Gasteiger partial charge is 0.381 e. The van der Waals surface area contributed by atoms with Gasteiger partial charge in [0, 0.05) is 29.3 Å². The van der Waals surface area contributed by atoms with Gasteiger partial charge in [-0.1, -0.05) is 23.2 Å². The van der Waals surface area contributed by atoms with E-state index in [0.717, 1.165) is 41.7 Å². The van der Waals surface area contributed by atoms with Crippen LogP contribution in [0.1, 0.15) is 24.4 Å². The Bertz CT molecular complexity index is 378. The van der Waals surface area contributed by atoms with Crippen molar-refractivity contribution >= 4 is 23.2 Å². The number of nitrogens with one attached hydrogen (secondary N) is 1. The minimum absolute atomic E-state index is 0.255. The summed E-state index contributed by atoms with van der Waals surface area (Å²) in [5, 5.41) is 4.87. The van der Waals surface area contributed by atoms with Crippen LogP contribution in [0.2, 0.25) is 10.0 Å². The summed E-state index contributed by atoms with van der Waals surface area (Å²) in [6, 6.07) is 5.90. The van der Waals surface area contributed by atoms with Crippen LogP contribution in [0.25, 0.3) is 0 Å². The van der Waals surface area contributed by atoms with Gasteiger partial charge in [-0.25, -0.2) is 0 Å². The number of benzene rings is 1. The van der Waals surface area contributed by atoms with Crippen molar-refractivity contribution in [1.82, 2.24) is 5.32 Å². The van der Waals surface area contributed by atoms with E-state index in [0.29, 0.717) is 5.92 Å². The Morgan fingerprint density at radius 3 is 2.65 bits per heavy atom. The molecular formula is C13H17Cl2NO. The summed E-state index contributed by atoms with van der Waals surface area (Å²) < 4.78 is 5.40. The maximum absolute atomic E-state index is 6.26. The number of halogens is 2. The van der Waals surface area contributed by atoms with E-state index in [-0.39, 0.29) is 6.04 Å². The van der Waals surface area contributed by atoms with Crippen molar-refractivity contribution in [1.29, 1.82) is 0 Å². The second-order valence-corrected chi connectivity index (χ2v) is 5.23. The van der Waals surface area contributed by atoms with Gasteiger partial charge in [-0.2, -0.15) is 0 Å². The summed E-state index contributed by atoms with van der Waals surface area (Å²) in [6.07, 6.45) is 2.13. The van der Waals surface area contributed by atoms with Crippen LogP contribution in [0, 0.1) is 5.92 Å². The van der Waals surface area contributed by atoms with Crippen molar-refractivity contribution < 1.29 is 4.74 Å². The van der Waals surface area contributed by atoms with Gasteiger partial charge in [0.15, 0.2) is 0 Å². The average molecular weight is 274 g/mol. The van der Waals surface area contributed by atoms with Gasteiger partial charge in [0.1, 0.15) is 0 Å². The van der Waals surface area contributed by atoms with Crippen LogP contribution in [-0.4, -0.2) is 20.3 Å². The molecular weight excluding hydrogens is 257 g/mol. The second kappa shape index (κ2) is 6.05. The first-order valence-electron chi connectivity index (χ1n) is 5.92. The Kier molecular flexibility index (Phi) is 4.69. The second-order valence-electron chi connectivity index (χ2n) is 4.38. The topological polar surface area (TPSA) is 21.3 Å². The van der Waals surface area contributed by atoms with Crippen molar-refractivity contribution in [3.8, 4) is 0 Å². The van der Waals surface area contributed by atoms with Crippen LogP contribution < -0.4 is 5.32 Å². The Morgan fingerprint density at radius 1 is 1.29 bits per heavy atom. The third-order valence-electron chi connectivity index (χ3n) is 3.34. The highest BCUT2D eigenvalue weighted by molar-refractivity contribution is 6.33. The SMILES string of the molecule is CNC(c1cc(Cl)ccc1Cl)C1CCOCC1. The predicted molar refractivity (Wildman–Crippen MR) is 71.8 cm³/mol. The van der Waals surface area contributed by atoms with E-state index in [2.05, 4.69) is 5.32 Å². The van der Waals surface area contributed by atoms with Gasteiger partial charge in [0.25, 0.3) is 0 Å². The van der Waals surface area contributed by atoms with Crippen LogP contribution in [0.5, 0.6) is 0 Å². The lowest BCUT2D eigenvalue weighted by Crippen LogP contribution is -2.30. The molecule has 0 saturated carbocycles. The smallest absolute Gasteiger partial charge is 0.0469 e. The van der Waals surface area contributed by atoms with Gasteiger partial charge < -0.3 is 10.1 Å². The first-order chi connectivity index (χ1) is 8.22. The number of hydrogen-bond acceptors (Lipinski definition) is 2. The van der Waals surface area contributed by atoms with Gasteiger partial charge in [-0.15, -0.1) is 0 Å². The highest BCUT2D eigenvalue weighted by Crippen LogP contribution is 2.34. The molecule has 0 aromatic heterocycles. The molecule has 1 aromatic carbocycles. The molecule has 4 heteroatoms. The van der Waals surface area contributed by atoms with E-state index < -0.39 is 0 Å². The number of hydrogen-bond donors (Lipinski definition) is 1. The van der Waals surface area contributed by atoms with Crippen molar-refractivity contribution in [2.45, 2.75) is 18.9 Å². The lowest BCUT2D eigenvalue weighted by Gasteiger charge is -2.31. The standard InChI is InChI=1S/C13H17Cl2NO/c1-16-13(9-4-6-17-7-5-9)11-8-10(14)2-3-12(11)15/h2-3,8-9,13,16H,4-7H2,1H3. The molecule has 0 radical (unpaired) electrons. The van der Waals surface area contributed by atoms with Crippen LogP contribution in [0.4, 0.5) is 0 Å². The fraction of sp³-hybridized carbons (Fsp3) is 0.538. The summed E-state index contributed by atoms with van der Waals surface area (Å²) in [5.74, 6) is 0.560. The average Bonchev–Trinajstić information content (AvgIpc) is 2.36. The number of ether oxygens (including phenoxy) is 1. The zero-order valence-corrected chi connectivity index (χ0v) is 11.4. The minimum atomic E-state index is 0.255. The molecule has 1 aliphatic heterocycles. The molecule has 1 saturated heterocycles. The molecule has 1 N–H and O–H groups in total. The van der Waals surface area contributed by atoms with Gasteiger partial charge in [-0.05, 0) is 49.6 Å². The zero-order valence-electron chi connectivity index (χ0n) is 9.88. The van der Waals surface area contributed by atoms with E-state index in [1.165, 1.54) is 0 Å². The van der Waals surface area contributed by atoms with Crippen molar-refractivity contribution in [2.75, 3.05) is 20.3 Å². The molecule has 0 amide bonds. The molecule has 1 atom stereocenters. The zero-order chi connectivity index (χ0) is 12.3. The highest BCUT2D eigenvalue weighted by atomic mass is 35.5. The molecule has 2 nitrogen and oxygen atoms in total. The maximum atomic E-state index is 6.26. The lowest BCUT2D eigenvalue weighted by molar-refractivity contribution is 0.0546. The quantitative estimate of drug-likeness (QED) is 0.907. The maximum Gasteiger partial charge on any atom is 0.0469 e. The lowest BCUT2D eigenvalue weighted by atomic mass is 9.87. The van der Waals surface area contributed by atoms with Crippen molar-refractivity contribution in [3.05, 3.63) is 33.8 Å². The predicted octanol–water partition coefficient (Wildman–Crippen LogP) is 3.68. The summed E-state index contributed by atoms with van der Waals surface area (Å²) in [6.45, 7) is 1.67. The van der Waals surface area contributed by atoms with E-state index in [4.69, 9.17) is 27.9 Å². The fourth-order valence-corrected chi connectivity index (χ4v) is 2.86. The molecule has 1 aromatic rings. The Morgan fingerprint density at radius 2 is 2.00 bits per heavy atom. The Hall–Kier alpha value is -0.280. The minimum Gasteiger partial charge on any atom is -0.381 e. The van der Waals surface area contributed by atoms with Crippen molar-refractivity contribution in [3.63, 3.8) is 0 Å². The Labute approximate surface area is 112 Å². The van der Waals surface area contributed by atoms with Gasteiger partial charge >= 0.3 is 0 Å². The van der Waals surface area contributed by atoms with E-state index in [9.17, 15) is 0 Å². The van der Waals surface area contributed by atoms with E-state index in [1.54, 1.807) is 0 Å². The van der Waals surface area contributed by atoms with E-state index >= 15 is 0 Å². The fourth-order valence-electron chi connectivity index (χ4n) is 2.45. The van der Waals surface area contributed by atoms with Gasteiger partial charge in [0.05, 0.1) is 0 Å². The van der Waals surface area contributed by atoms with Crippen LogP contribution >= 0.6 is 23.2 Å². The molecule has 2 rings (SSSR count). The summed E-state index contributed by atoms with van der Waals surface area (Å²) >= 11 is 12.3. The third-order valence-corrected chi connectivity index (χ3v) is 3.92. The molecule has 17 heavy (non-hydrogen) atoms. The van der Waals surface area contributed by atoms with Crippen LogP contribution in [-0.2, 0) is 4.74 Å². The molecule has 1 heterocycles. The third kappa shape index (κ3) is 3.14. The molecule has 1 unspecified atom stereocenters. The normalized spacial score (nSPS) is 19.2. The first-order valence-corrected chi connectivity index (χ1v) is 6.68. The molecule has 94 valence electrons. The molecule has 1 aliphatic rings. The first kappa shape index (κ1) is 13.2. The van der Waals surface area contributed by atoms with Crippen LogP contribution in [0.15, 0.2) is 18.2 Å². The molecule has 1 fully saturated rings. The van der Waals surface area contributed by atoms with Crippen molar-refractivity contribution in [2.24, 2.45) is 5.92 Å². The summed E-state index contributed by atoms with van der Waals surface area (Å²) in [7, 11) is 1.97. The van der Waals surface area contributed by atoms with Crippen LogP contribution in [0.3, 0.4) is 0 Å². The molecule has 0 spiro atoms. The van der Waals surface area contributed by atoms with Gasteiger partial charge in [0.2, 0.25) is 0 Å².